The second-order valence-corrected chi connectivity index (χ2v) is 5.54. The molecule has 1 fully saturated rings. The highest BCUT2D eigenvalue weighted by atomic mass is 16.3. The maximum atomic E-state index is 5.78. The first-order chi connectivity index (χ1) is 9.76. The maximum absolute atomic E-state index is 5.78. The first-order valence-corrected chi connectivity index (χ1v) is 7.25. The van der Waals surface area contributed by atoms with E-state index in [1.54, 1.807) is 6.26 Å². The Morgan fingerprint density at radius 2 is 2.15 bits per heavy atom. The lowest BCUT2D eigenvalue weighted by Crippen LogP contribution is -2.24. The molecular formula is C16H22N2O2. The van der Waals surface area contributed by atoms with Gasteiger partial charge in [-0.05, 0) is 45.0 Å². The van der Waals surface area contributed by atoms with E-state index >= 15 is 0 Å². The van der Waals surface area contributed by atoms with Crippen LogP contribution in [0.25, 0.3) is 0 Å². The van der Waals surface area contributed by atoms with E-state index in [2.05, 4.69) is 16.3 Å². The lowest BCUT2D eigenvalue weighted by atomic mass is 10.2. The third-order valence-corrected chi connectivity index (χ3v) is 3.80. The summed E-state index contributed by atoms with van der Waals surface area (Å²) in [6, 6.07) is 6.87. The number of nitrogens with zero attached hydrogens (tertiary/aromatic N) is 1. The molecule has 20 heavy (non-hydrogen) atoms. The van der Waals surface area contributed by atoms with Crippen LogP contribution in [0.3, 0.4) is 0 Å². The van der Waals surface area contributed by atoms with Crippen molar-refractivity contribution in [3.05, 3.63) is 47.3 Å². The van der Waals surface area contributed by atoms with Crippen molar-refractivity contribution in [2.45, 2.75) is 45.4 Å². The van der Waals surface area contributed by atoms with Gasteiger partial charge in [0.1, 0.15) is 17.3 Å². The molecule has 4 nitrogen and oxygen atoms in total. The van der Waals surface area contributed by atoms with E-state index in [1.165, 1.54) is 18.4 Å². The fraction of sp³-hybridized carbons (Fsp3) is 0.500. The quantitative estimate of drug-likeness (QED) is 0.842. The van der Waals surface area contributed by atoms with Crippen LogP contribution in [0.5, 0.6) is 0 Å². The Kier molecular flexibility index (Phi) is 3.94. The van der Waals surface area contributed by atoms with Crippen molar-refractivity contribution in [2.75, 3.05) is 7.05 Å². The van der Waals surface area contributed by atoms with Crippen LogP contribution in [-0.4, -0.2) is 18.0 Å². The van der Waals surface area contributed by atoms with E-state index in [1.807, 2.05) is 26.1 Å². The van der Waals surface area contributed by atoms with E-state index in [4.69, 9.17) is 8.83 Å². The first kappa shape index (κ1) is 13.5. The zero-order valence-electron chi connectivity index (χ0n) is 12.2. The zero-order chi connectivity index (χ0) is 13.9. The Bertz CT molecular complexity index is 541. The molecule has 0 saturated heterocycles. The number of aryl methyl sites for hydroxylation is 1. The van der Waals surface area contributed by atoms with Gasteiger partial charge < -0.3 is 14.2 Å². The van der Waals surface area contributed by atoms with Crippen molar-refractivity contribution in [1.82, 2.24) is 10.2 Å². The molecule has 0 spiro atoms. The van der Waals surface area contributed by atoms with Gasteiger partial charge in [0.2, 0.25) is 0 Å². The van der Waals surface area contributed by atoms with Crippen LogP contribution < -0.4 is 5.32 Å². The molecule has 0 aromatic carbocycles. The third-order valence-electron chi connectivity index (χ3n) is 3.80. The molecule has 0 radical (unpaired) electrons. The Morgan fingerprint density at radius 3 is 2.80 bits per heavy atom. The molecular weight excluding hydrogens is 252 g/mol. The molecule has 0 bridgehead atoms. The zero-order valence-corrected chi connectivity index (χ0v) is 12.2. The molecule has 0 atom stereocenters. The Morgan fingerprint density at radius 1 is 1.30 bits per heavy atom. The summed E-state index contributed by atoms with van der Waals surface area (Å²) in [7, 11) is 1.94. The number of rotatable bonds is 7. The van der Waals surface area contributed by atoms with Gasteiger partial charge in [0.25, 0.3) is 0 Å². The highest BCUT2D eigenvalue weighted by Gasteiger charge is 2.30. The van der Waals surface area contributed by atoms with E-state index in [9.17, 15) is 0 Å². The number of hydrogen-bond donors (Lipinski definition) is 1. The van der Waals surface area contributed by atoms with E-state index in [-0.39, 0.29) is 0 Å². The van der Waals surface area contributed by atoms with Gasteiger partial charge in [-0.15, -0.1) is 0 Å². The van der Waals surface area contributed by atoms with Crippen LogP contribution in [0.15, 0.2) is 33.3 Å². The summed E-state index contributed by atoms with van der Waals surface area (Å²) in [5.74, 6) is 3.07. The van der Waals surface area contributed by atoms with Crippen molar-refractivity contribution >= 4 is 0 Å². The van der Waals surface area contributed by atoms with Crippen molar-refractivity contribution < 1.29 is 8.83 Å². The summed E-state index contributed by atoms with van der Waals surface area (Å²) >= 11 is 0. The largest absolute Gasteiger partial charge is 0.468 e. The van der Waals surface area contributed by atoms with Crippen molar-refractivity contribution in [1.29, 1.82) is 0 Å². The summed E-state index contributed by atoms with van der Waals surface area (Å²) in [5, 5.41) is 3.13. The van der Waals surface area contributed by atoms with Crippen LogP contribution in [0, 0.1) is 6.92 Å². The average Bonchev–Trinajstić information content (AvgIpc) is 3.05. The predicted molar refractivity (Wildman–Crippen MR) is 77.2 cm³/mol. The second kappa shape index (κ2) is 5.85. The Hall–Kier alpha value is -1.52. The number of nitrogens with one attached hydrogen (secondary N) is 1. The molecule has 2 aromatic rings. The van der Waals surface area contributed by atoms with E-state index < -0.39 is 0 Å². The van der Waals surface area contributed by atoms with Crippen molar-refractivity contribution in [3.8, 4) is 0 Å². The monoisotopic (exact) mass is 274 g/mol. The minimum Gasteiger partial charge on any atom is -0.468 e. The predicted octanol–water partition coefficient (Wildman–Crippen LogP) is 3.07. The highest BCUT2D eigenvalue weighted by Crippen LogP contribution is 2.31. The lowest BCUT2D eigenvalue weighted by Gasteiger charge is -2.20. The van der Waals surface area contributed by atoms with Crippen LogP contribution in [0.1, 0.15) is 35.7 Å². The first-order valence-electron chi connectivity index (χ1n) is 7.25. The molecule has 1 aliphatic rings. The van der Waals surface area contributed by atoms with E-state index in [0.717, 1.165) is 36.9 Å². The minimum absolute atomic E-state index is 0.696. The van der Waals surface area contributed by atoms with Gasteiger partial charge in [-0.25, -0.2) is 0 Å². The maximum Gasteiger partial charge on any atom is 0.118 e. The number of hydrogen-bond acceptors (Lipinski definition) is 4. The molecule has 3 rings (SSSR count). The van der Waals surface area contributed by atoms with Gasteiger partial charge >= 0.3 is 0 Å². The Balaban J connectivity index is 1.69. The van der Waals surface area contributed by atoms with Crippen LogP contribution in [0.4, 0.5) is 0 Å². The highest BCUT2D eigenvalue weighted by molar-refractivity contribution is 5.21. The molecule has 1 aliphatic carbocycles. The smallest absolute Gasteiger partial charge is 0.118 e. The van der Waals surface area contributed by atoms with Gasteiger partial charge in [-0.2, -0.15) is 0 Å². The fourth-order valence-electron chi connectivity index (χ4n) is 2.58. The normalized spacial score (nSPS) is 15.2. The second-order valence-electron chi connectivity index (χ2n) is 5.54. The average molecular weight is 274 g/mol. The molecule has 4 heteroatoms. The summed E-state index contributed by atoms with van der Waals surface area (Å²) in [6.45, 7) is 4.64. The summed E-state index contributed by atoms with van der Waals surface area (Å²) in [6.07, 6.45) is 4.33. The summed E-state index contributed by atoms with van der Waals surface area (Å²) in [4.78, 5) is 2.49. The van der Waals surface area contributed by atoms with Crippen molar-refractivity contribution in [2.24, 2.45) is 0 Å². The lowest BCUT2D eigenvalue weighted by molar-refractivity contribution is 0.224. The molecule has 0 unspecified atom stereocenters. The van der Waals surface area contributed by atoms with Crippen molar-refractivity contribution in [3.63, 3.8) is 0 Å². The van der Waals surface area contributed by atoms with E-state index in [0.29, 0.717) is 6.04 Å². The molecule has 1 N–H and O–H groups in total. The molecule has 0 amide bonds. The van der Waals surface area contributed by atoms with Crippen LogP contribution >= 0.6 is 0 Å². The van der Waals surface area contributed by atoms with Gasteiger partial charge in [0.15, 0.2) is 0 Å². The summed E-state index contributed by atoms with van der Waals surface area (Å²) in [5.41, 5.74) is 1.29. The Labute approximate surface area is 119 Å². The molecule has 1 saturated carbocycles. The molecule has 108 valence electrons. The number of furan rings is 2. The summed E-state index contributed by atoms with van der Waals surface area (Å²) < 4.78 is 11.3. The minimum atomic E-state index is 0.696. The van der Waals surface area contributed by atoms with Gasteiger partial charge in [-0.3, -0.25) is 4.90 Å². The molecule has 2 aromatic heterocycles. The van der Waals surface area contributed by atoms with Crippen LogP contribution in [-0.2, 0) is 19.6 Å². The van der Waals surface area contributed by atoms with Gasteiger partial charge in [-0.1, -0.05) is 0 Å². The van der Waals surface area contributed by atoms with Crippen LogP contribution in [0.2, 0.25) is 0 Å². The molecule has 0 aliphatic heterocycles. The van der Waals surface area contributed by atoms with Gasteiger partial charge in [0, 0.05) is 18.2 Å². The standard InChI is InChI=1S/C16H22N2O2/c1-12-13(8-16(20-12)9-17-2)10-18(14-5-6-14)11-15-4-3-7-19-15/h3-4,7-8,14,17H,5-6,9-11H2,1-2H3. The third kappa shape index (κ3) is 3.14. The molecule has 2 heterocycles. The topological polar surface area (TPSA) is 41.5 Å². The fourth-order valence-corrected chi connectivity index (χ4v) is 2.58. The van der Waals surface area contributed by atoms with Gasteiger partial charge in [0.05, 0.1) is 19.4 Å². The SMILES string of the molecule is CNCc1cc(CN(Cc2ccco2)C2CC2)c(C)o1.